The average molecular weight is 324 g/mol. The Morgan fingerprint density at radius 3 is 2.58 bits per heavy atom. The zero-order valence-electron chi connectivity index (χ0n) is 14.9. The maximum Gasteiger partial charge on any atom is 0.132 e. The van der Waals surface area contributed by atoms with Gasteiger partial charge >= 0.3 is 0 Å². The highest BCUT2D eigenvalue weighted by Crippen LogP contribution is 2.28. The van der Waals surface area contributed by atoms with Gasteiger partial charge in [0, 0.05) is 44.6 Å². The van der Waals surface area contributed by atoms with Gasteiger partial charge in [-0.2, -0.15) is 0 Å². The second kappa shape index (κ2) is 6.91. The van der Waals surface area contributed by atoms with E-state index in [1.165, 1.54) is 5.56 Å². The molecule has 1 aromatic heterocycles. The molecule has 0 radical (unpaired) electrons. The number of para-hydroxylation sites is 1. The standard InChI is InChI=1S/C20H28N4/c1-20(2)15-24(12-11-18(20)21)14-16-9-10-19(22-13-16)23(3)17-7-5-4-6-8-17/h4-10,13,18H,11-12,14-15,21H2,1-3H3. The molecule has 0 saturated carbocycles. The van der Waals surface area contributed by atoms with Gasteiger partial charge in [-0.1, -0.05) is 38.1 Å². The topological polar surface area (TPSA) is 45.4 Å². The van der Waals surface area contributed by atoms with Crippen LogP contribution in [0.25, 0.3) is 0 Å². The third-order valence-corrected chi connectivity index (χ3v) is 5.09. The third-order valence-electron chi connectivity index (χ3n) is 5.09. The lowest BCUT2D eigenvalue weighted by atomic mass is 9.79. The van der Waals surface area contributed by atoms with Gasteiger partial charge in [0.1, 0.15) is 5.82 Å². The van der Waals surface area contributed by atoms with Crippen molar-refractivity contribution in [3.8, 4) is 0 Å². The van der Waals surface area contributed by atoms with Gasteiger partial charge in [-0.3, -0.25) is 4.90 Å². The number of anilines is 2. The third kappa shape index (κ3) is 3.77. The van der Waals surface area contributed by atoms with E-state index in [0.29, 0.717) is 6.04 Å². The van der Waals surface area contributed by atoms with Crippen molar-refractivity contribution < 1.29 is 0 Å². The molecule has 0 spiro atoms. The van der Waals surface area contributed by atoms with Crippen molar-refractivity contribution in [3.63, 3.8) is 0 Å². The van der Waals surface area contributed by atoms with E-state index in [2.05, 4.69) is 52.9 Å². The molecule has 1 saturated heterocycles. The summed E-state index contributed by atoms with van der Waals surface area (Å²) in [7, 11) is 2.05. The van der Waals surface area contributed by atoms with Crippen molar-refractivity contribution in [1.29, 1.82) is 0 Å². The molecule has 128 valence electrons. The van der Waals surface area contributed by atoms with E-state index in [1.807, 2.05) is 31.4 Å². The summed E-state index contributed by atoms with van der Waals surface area (Å²) in [6, 6.07) is 14.9. The van der Waals surface area contributed by atoms with Gasteiger partial charge in [0.15, 0.2) is 0 Å². The highest BCUT2D eigenvalue weighted by atomic mass is 15.2. The second-order valence-electron chi connectivity index (χ2n) is 7.51. The number of nitrogens with two attached hydrogens (primary N) is 1. The summed E-state index contributed by atoms with van der Waals surface area (Å²) in [6.45, 7) is 7.58. The van der Waals surface area contributed by atoms with Crippen molar-refractivity contribution in [3.05, 3.63) is 54.2 Å². The first-order valence-corrected chi connectivity index (χ1v) is 8.67. The molecule has 2 aromatic rings. The van der Waals surface area contributed by atoms with E-state index in [4.69, 9.17) is 5.73 Å². The fraction of sp³-hybridized carbons (Fsp3) is 0.450. The fourth-order valence-electron chi connectivity index (χ4n) is 3.37. The summed E-state index contributed by atoms with van der Waals surface area (Å²) in [4.78, 5) is 9.24. The van der Waals surface area contributed by atoms with E-state index in [-0.39, 0.29) is 5.41 Å². The summed E-state index contributed by atoms with van der Waals surface area (Å²) in [6.07, 6.45) is 3.06. The van der Waals surface area contributed by atoms with Crippen LogP contribution in [0.2, 0.25) is 0 Å². The number of nitrogens with zero attached hydrogens (tertiary/aromatic N) is 3. The molecule has 4 nitrogen and oxygen atoms in total. The van der Waals surface area contributed by atoms with Crippen molar-refractivity contribution in [2.75, 3.05) is 25.0 Å². The van der Waals surface area contributed by atoms with E-state index in [9.17, 15) is 0 Å². The number of benzene rings is 1. The van der Waals surface area contributed by atoms with Crippen molar-refractivity contribution in [2.24, 2.45) is 11.1 Å². The van der Waals surface area contributed by atoms with Gasteiger partial charge in [0.2, 0.25) is 0 Å². The molecule has 1 aromatic carbocycles. The predicted octanol–water partition coefficient (Wildman–Crippen LogP) is 3.41. The fourth-order valence-corrected chi connectivity index (χ4v) is 3.37. The summed E-state index contributed by atoms with van der Waals surface area (Å²) in [5.74, 6) is 0.964. The Morgan fingerprint density at radius 2 is 1.96 bits per heavy atom. The van der Waals surface area contributed by atoms with Crippen LogP contribution in [0.1, 0.15) is 25.8 Å². The number of rotatable bonds is 4. The van der Waals surface area contributed by atoms with Crippen LogP contribution in [0.5, 0.6) is 0 Å². The summed E-state index contributed by atoms with van der Waals surface area (Å²) >= 11 is 0. The van der Waals surface area contributed by atoms with Crippen LogP contribution in [0.15, 0.2) is 48.7 Å². The average Bonchev–Trinajstić information content (AvgIpc) is 2.59. The van der Waals surface area contributed by atoms with Gasteiger partial charge in [-0.05, 0) is 35.6 Å². The number of pyridine rings is 1. The smallest absolute Gasteiger partial charge is 0.132 e. The molecular formula is C20H28N4. The molecule has 0 bridgehead atoms. The molecule has 1 unspecified atom stereocenters. The van der Waals surface area contributed by atoms with Crippen molar-refractivity contribution >= 4 is 11.5 Å². The number of likely N-dealkylation sites (tertiary alicyclic amines) is 1. The van der Waals surface area contributed by atoms with E-state index in [1.54, 1.807) is 0 Å². The molecule has 0 aliphatic carbocycles. The zero-order valence-corrected chi connectivity index (χ0v) is 14.9. The van der Waals surface area contributed by atoms with Gasteiger partial charge in [-0.15, -0.1) is 0 Å². The van der Waals surface area contributed by atoms with Gasteiger partial charge in [0.25, 0.3) is 0 Å². The molecule has 2 heterocycles. The van der Waals surface area contributed by atoms with Crippen LogP contribution < -0.4 is 10.6 Å². The molecular weight excluding hydrogens is 296 g/mol. The highest BCUT2D eigenvalue weighted by Gasteiger charge is 2.33. The summed E-state index contributed by atoms with van der Waals surface area (Å²) in [5.41, 5.74) is 8.81. The molecule has 2 N–H and O–H groups in total. The molecule has 3 rings (SSSR count). The van der Waals surface area contributed by atoms with E-state index < -0.39 is 0 Å². The number of aromatic nitrogens is 1. The molecule has 1 fully saturated rings. The lowest BCUT2D eigenvalue weighted by Crippen LogP contribution is -2.52. The van der Waals surface area contributed by atoms with Gasteiger partial charge in [-0.25, -0.2) is 4.98 Å². The lowest BCUT2D eigenvalue weighted by Gasteiger charge is -2.42. The lowest BCUT2D eigenvalue weighted by molar-refractivity contribution is 0.0898. The van der Waals surface area contributed by atoms with Crippen LogP contribution in [0.4, 0.5) is 11.5 Å². The first-order valence-electron chi connectivity index (χ1n) is 8.67. The predicted molar refractivity (Wildman–Crippen MR) is 100 cm³/mol. The number of piperidine rings is 1. The van der Waals surface area contributed by atoms with Crippen LogP contribution in [-0.2, 0) is 6.54 Å². The van der Waals surface area contributed by atoms with Gasteiger partial charge in [0.05, 0.1) is 0 Å². The number of hydrogen-bond acceptors (Lipinski definition) is 4. The SMILES string of the molecule is CN(c1ccccc1)c1ccc(CN2CCC(N)C(C)(C)C2)cn1. The van der Waals surface area contributed by atoms with E-state index in [0.717, 1.165) is 37.6 Å². The maximum atomic E-state index is 6.23. The Kier molecular flexibility index (Phi) is 4.88. The minimum Gasteiger partial charge on any atom is -0.329 e. The Bertz CT molecular complexity index is 651. The van der Waals surface area contributed by atoms with Crippen LogP contribution >= 0.6 is 0 Å². The minimum atomic E-state index is 0.180. The van der Waals surface area contributed by atoms with Crippen LogP contribution in [-0.4, -0.2) is 36.1 Å². The van der Waals surface area contributed by atoms with Crippen molar-refractivity contribution in [2.45, 2.75) is 32.9 Å². The molecule has 1 aliphatic rings. The molecule has 1 aliphatic heterocycles. The molecule has 0 amide bonds. The van der Waals surface area contributed by atoms with Gasteiger partial charge < -0.3 is 10.6 Å². The van der Waals surface area contributed by atoms with E-state index >= 15 is 0 Å². The normalized spacial score (nSPS) is 20.8. The highest BCUT2D eigenvalue weighted by molar-refractivity contribution is 5.58. The zero-order chi connectivity index (χ0) is 17.2. The second-order valence-corrected chi connectivity index (χ2v) is 7.51. The Labute approximate surface area is 145 Å². The van der Waals surface area contributed by atoms with Crippen LogP contribution in [0, 0.1) is 5.41 Å². The molecule has 24 heavy (non-hydrogen) atoms. The first-order chi connectivity index (χ1) is 11.5. The monoisotopic (exact) mass is 324 g/mol. The minimum absolute atomic E-state index is 0.180. The molecule has 1 atom stereocenters. The largest absolute Gasteiger partial charge is 0.329 e. The Morgan fingerprint density at radius 1 is 1.21 bits per heavy atom. The van der Waals surface area contributed by atoms with Crippen molar-refractivity contribution in [1.82, 2.24) is 9.88 Å². The Hall–Kier alpha value is -1.91. The molecule has 4 heteroatoms. The quantitative estimate of drug-likeness (QED) is 0.936. The number of hydrogen-bond donors (Lipinski definition) is 1. The maximum absolute atomic E-state index is 6.23. The first kappa shape index (κ1) is 16.9. The van der Waals surface area contributed by atoms with Crippen LogP contribution in [0.3, 0.4) is 0 Å². The summed E-state index contributed by atoms with van der Waals surface area (Å²) in [5, 5.41) is 0. The Balaban J connectivity index is 1.65. The summed E-state index contributed by atoms with van der Waals surface area (Å²) < 4.78 is 0.